The molecule has 0 heterocycles. The fraction of sp³-hybridized carbons (Fsp3) is 0.562. The average Bonchev–Trinajstić information content (AvgIpc) is 2.32. The first-order valence-electron chi connectivity index (χ1n) is 7.29. The molecule has 0 saturated heterocycles. The summed E-state index contributed by atoms with van der Waals surface area (Å²) < 4.78 is 11.0. The van der Waals surface area contributed by atoms with Crippen LogP contribution in [0.2, 0.25) is 0 Å². The topological polar surface area (TPSA) is 73.6 Å². The van der Waals surface area contributed by atoms with Gasteiger partial charge in [-0.25, -0.2) is 4.79 Å². The van der Waals surface area contributed by atoms with Crippen LogP contribution in [0.3, 0.4) is 0 Å². The molecule has 1 aliphatic carbocycles. The maximum Gasteiger partial charge on any atom is 0.407 e. The number of nitrogens with two attached hydrogens (primary N) is 1. The third-order valence-electron chi connectivity index (χ3n) is 3.30. The number of nitrogen functional groups attached to an aromatic ring is 1. The van der Waals surface area contributed by atoms with Gasteiger partial charge in [-0.1, -0.05) is 0 Å². The molecule has 0 aliphatic heterocycles. The van der Waals surface area contributed by atoms with Crippen LogP contribution in [-0.4, -0.2) is 24.3 Å². The molecule has 0 radical (unpaired) electrons. The van der Waals surface area contributed by atoms with Crippen molar-refractivity contribution in [3.8, 4) is 5.75 Å². The summed E-state index contributed by atoms with van der Waals surface area (Å²) in [5, 5.41) is 2.77. The van der Waals surface area contributed by atoms with E-state index in [1.165, 1.54) is 0 Å². The summed E-state index contributed by atoms with van der Waals surface area (Å²) in [6.45, 7) is 6.22. The number of anilines is 1. The number of alkyl carbamates (subject to hydrolysis) is 1. The molecule has 1 aromatic rings. The zero-order valence-corrected chi connectivity index (χ0v) is 12.9. The molecule has 1 saturated carbocycles. The molecule has 1 aromatic carbocycles. The summed E-state index contributed by atoms with van der Waals surface area (Å²) in [6, 6.07) is 7.39. The van der Waals surface area contributed by atoms with Gasteiger partial charge in [0, 0.05) is 17.1 Å². The predicted octanol–water partition coefficient (Wildman–Crippen LogP) is 2.95. The number of ether oxygens (including phenoxy) is 2. The summed E-state index contributed by atoms with van der Waals surface area (Å²) in [4.78, 5) is 11.5. The second-order valence-electron chi connectivity index (χ2n) is 6.62. The largest absolute Gasteiger partial charge is 0.490 e. The van der Waals surface area contributed by atoms with Crippen molar-refractivity contribution in [2.45, 2.75) is 45.3 Å². The van der Waals surface area contributed by atoms with E-state index >= 15 is 0 Å². The van der Waals surface area contributed by atoms with Crippen molar-refractivity contribution in [2.24, 2.45) is 5.92 Å². The first-order valence-corrected chi connectivity index (χ1v) is 7.29. The quantitative estimate of drug-likeness (QED) is 0.837. The molecule has 1 aliphatic rings. The van der Waals surface area contributed by atoms with Gasteiger partial charge in [0.1, 0.15) is 5.75 Å². The van der Waals surface area contributed by atoms with Crippen LogP contribution in [0.4, 0.5) is 10.5 Å². The minimum Gasteiger partial charge on any atom is -0.490 e. The third kappa shape index (κ3) is 5.17. The highest BCUT2D eigenvalue weighted by Gasteiger charge is 2.32. The van der Waals surface area contributed by atoms with Gasteiger partial charge < -0.3 is 20.5 Å². The van der Waals surface area contributed by atoms with E-state index in [0.29, 0.717) is 12.5 Å². The zero-order valence-electron chi connectivity index (χ0n) is 12.9. The van der Waals surface area contributed by atoms with Crippen LogP contribution >= 0.6 is 0 Å². The number of hydrogen-bond donors (Lipinski definition) is 2. The van der Waals surface area contributed by atoms with E-state index < -0.39 is 0 Å². The van der Waals surface area contributed by atoms with Crippen molar-refractivity contribution in [3.05, 3.63) is 24.3 Å². The van der Waals surface area contributed by atoms with Crippen LogP contribution in [0.5, 0.6) is 5.75 Å². The Hall–Kier alpha value is -1.91. The van der Waals surface area contributed by atoms with E-state index in [0.717, 1.165) is 24.3 Å². The molecule has 0 spiro atoms. The number of carbonyl (C=O) groups is 1. The second-order valence-corrected chi connectivity index (χ2v) is 6.62. The van der Waals surface area contributed by atoms with Gasteiger partial charge in [-0.05, 0) is 57.9 Å². The maximum atomic E-state index is 11.5. The summed E-state index contributed by atoms with van der Waals surface area (Å²) in [5.41, 5.74) is 6.09. The van der Waals surface area contributed by atoms with Gasteiger partial charge in [0.2, 0.25) is 0 Å². The predicted molar refractivity (Wildman–Crippen MR) is 82.2 cm³/mol. The van der Waals surface area contributed by atoms with Gasteiger partial charge in [0.15, 0.2) is 0 Å². The lowest BCUT2D eigenvalue weighted by Gasteiger charge is -2.35. The first-order chi connectivity index (χ1) is 9.82. The molecule has 1 amide bonds. The number of hydrogen-bond acceptors (Lipinski definition) is 4. The van der Waals surface area contributed by atoms with Crippen LogP contribution < -0.4 is 15.8 Å². The molecule has 1 fully saturated rings. The van der Waals surface area contributed by atoms with Gasteiger partial charge in [0.05, 0.1) is 12.7 Å². The van der Waals surface area contributed by atoms with Crippen molar-refractivity contribution >= 4 is 11.8 Å². The van der Waals surface area contributed by atoms with Crippen LogP contribution in [-0.2, 0) is 4.74 Å². The highest BCUT2D eigenvalue weighted by molar-refractivity contribution is 5.68. The molecular formula is C16H24N2O3. The summed E-state index contributed by atoms with van der Waals surface area (Å²) in [6.07, 6.45) is 1.67. The van der Waals surface area contributed by atoms with Gasteiger partial charge in [-0.3, -0.25) is 0 Å². The minimum absolute atomic E-state index is 0.202. The molecular weight excluding hydrogens is 268 g/mol. The number of nitrogens with one attached hydrogen (secondary N) is 1. The maximum absolute atomic E-state index is 11.5. The Labute approximate surface area is 125 Å². The summed E-state index contributed by atoms with van der Waals surface area (Å²) >= 11 is 0. The van der Waals surface area contributed by atoms with Crippen LogP contribution in [0.1, 0.15) is 33.6 Å². The Morgan fingerprint density at radius 1 is 1.29 bits per heavy atom. The van der Waals surface area contributed by atoms with Crippen LogP contribution in [0.25, 0.3) is 0 Å². The molecule has 0 aromatic heterocycles. The third-order valence-corrected chi connectivity index (χ3v) is 3.30. The molecule has 0 bridgehead atoms. The Morgan fingerprint density at radius 2 is 1.90 bits per heavy atom. The highest BCUT2D eigenvalue weighted by atomic mass is 16.5. The highest BCUT2D eigenvalue weighted by Crippen LogP contribution is 2.31. The van der Waals surface area contributed by atoms with Gasteiger partial charge in [0.25, 0.3) is 0 Å². The molecule has 5 heteroatoms. The fourth-order valence-corrected chi connectivity index (χ4v) is 2.18. The lowest BCUT2D eigenvalue weighted by atomic mass is 9.83. The standard InChI is InChI=1S/C16H24N2O3/c1-16(2,3)18-15(19)20-10-11-8-14(9-11)21-13-6-4-12(17)5-7-13/h4-7,11,14H,8-10,17H2,1-3H3,(H,18,19). The van der Waals surface area contributed by atoms with E-state index in [9.17, 15) is 4.79 Å². The SMILES string of the molecule is CC(C)(C)NC(=O)OCC1CC(Oc2ccc(N)cc2)C1. The summed E-state index contributed by atoms with van der Waals surface area (Å²) in [7, 11) is 0. The molecule has 3 N–H and O–H groups in total. The van der Waals surface area contributed by atoms with Gasteiger partial charge >= 0.3 is 6.09 Å². The van der Waals surface area contributed by atoms with E-state index in [2.05, 4.69) is 5.32 Å². The van der Waals surface area contributed by atoms with Gasteiger partial charge in [-0.15, -0.1) is 0 Å². The Bertz CT molecular complexity index is 473. The minimum atomic E-state index is -0.356. The molecule has 5 nitrogen and oxygen atoms in total. The van der Waals surface area contributed by atoms with E-state index in [4.69, 9.17) is 15.2 Å². The molecule has 0 atom stereocenters. The van der Waals surface area contributed by atoms with Crippen molar-refractivity contribution in [2.75, 3.05) is 12.3 Å². The normalized spacial score (nSPS) is 21.3. The second kappa shape index (κ2) is 6.24. The number of amides is 1. The lowest BCUT2D eigenvalue weighted by molar-refractivity contribution is 0.0224. The molecule has 21 heavy (non-hydrogen) atoms. The van der Waals surface area contributed by atoms with E-state index in [1.807, 2.05) is 45.0 Å². The zero-order chi connectivity index (χ0) is 15.5. The number of carbonyl (C=O) groups excluding carboxylic acids is 1. The smallest absolute Gasteiger partial charge is 0.407 e. The monoisotopic (exact) mass is 292 g/mol. The summed E-state index contributed by atoms with van der Waals surface area (Å²) in [5.74, 6) is 1.22. The lowest BCUT2D eigenvalue weighted by Crippen LogP contribution is -2.43. The van der Waals surface area contributed by atoms with Gasteiger partial charge in [-0.2, -0.15) is 0 Å². The van der Waals surface area contributed by atoms with E-state index in [1.54, 1.807) is 0 Å². The first kappa shape index (κ1) is 15.5. The Balaban J connectivity index is 1.63. The Kier molecular flexibility index (Phi) is 4.60. The molecule has 2 rings (SSSR count). The number of rotatable bonds is 4. The fourth-order valence-electron chi connectivity index (χ4n) is 2.18. The van der Waals surface area contributed by atoms with Crippen molar-refractivity contribution < 1.29 is 14.3 Å². The number of benzene rings is 1. The Morgan fingerprint density at radius 3 is 2.48 bits per heavy atom. The molecule has 116 valence electrons. The van der Waals surface area contributed by atoms with Crippen LogP contribution in [0, 0.1) is 5.92 Å². The average molecular weight is 292 g/mol. The van der Waals surface area contributed by atoms with E-state index in [-0.39, 0.29) is 17.7 Å². The van der Waals surface area contributed by atoms with Crippen LogP contribution in [0.15, 0.2) is 24.3 Å². The van der Waals surface area contributed by atoms with Crippen molar-refractivity contribution in [1.29, 1.82) is 0 Å². The van der Waals surface area contributed by atoms with Crippen molar-refractivity contribution in [1.82, 2.24) is 5.32 Å². The molecule has 0 unspecified atom stereocenters. The van der Waals surface area contributed by atoms with Crippen molar-refractivity contribution in [3.63, 3.8) is 0 Å².